The van der Waals surface area contributed by atoms with E-state index in [2.05, 4.69) is 20.8 Å². The van der Waals surface area contributed by atoms with E-state index in [1.165, 1.54) is 10.5 Å². The smallest absolute Gasteiger partial charge is 0.274 e. The van der Waals surface area contributed by atoms with Crippen LogP contribution in [-0.4, -0.2) is 77.0 Å². The molecule has 2 aromatic rings. The summed E-state index contributed by atoms with van der Waals surface area (Å²) >= 11 is 0. The van der Waals surface area contributed by atoms with Gasteiger partial charge in [-0.1, -0.05) is 12.1 Å². The molecule has 156 valence electrons. The van der Waals surface area contributed by atoms with Crippen molar-refractivity contribution in [1.82, 2.24) is 30.0 Å². The number of hydrogen-bond acceptors (Lipinski definition) is 7. The number of aromatic nitrogens is 2. The summed E-state index contributed by atoms with van der Waals surface area (Å²) in [6.45, 7) is 5.25. The van der Waals surface area contributed by atoms with Crippen LogP contribution < -0.4 is 10.9 Å². The van der Waals surface area contributed by atoms with Crippen molar-refractivity contribution in [3.63, 3.8) is 0 Å². The van der Waals surface area contributed by atoms with Crippen molar-refractivity contribution in [2.75, 3.05) is 26.2 Å². The maximum absolute atomic E-state index is 13.2. The van der Waals surface area contributed by atoms with Crippen LogP contribution in [0.4, 0.5) is 0 Å². The number of rotatable bonds is 3. The maximum atomic E-state index is 13.2. The number of nitrogens with zero attached hydrogens (tertiary/aromatic N) is 4. The molecule has 2 unspecified atom stereocenters. The number of carbonyl (C=O) groups is 1. The molecule has 29 heavy (non-hydrogen) atoms. The minimum absolute atomic E-state index is 0.177. The molecule has 4 rings (SSSR count). The lowest BCUT2D eigenvalue weighted by Gasteiger charge is -2.27. The van der Waals surface area contributed by atoms with Crippen molar-refractivity contribution >= 4 is 27.0 Å². The number of para-hydroxylation sites is 2. The van der Waals surface area contributed by atoms with Gasteiger partial charge in [0.2, 0.25) is 10.0 Å². The Morgan fingerprint density at radius 2 is 1.72 bits per heavy atom. The Morgan fingerprint density at radius 3 is 2.45 bits per heavy atom. The molecule has 0 radical (unpaired) electrons. The second-order valence-electron chi connectivity index (χ2n) is 7.66. The van der Waals surface area contributed by atoms with Gasteiger partial charge in [-0.2, -0.15) is 4.31 Å². The third-order valence-corrected chi connectivity index (χ3v) is 8.23. The van der Waals surface area contributed by atoms with Gasteiger partial charge in [-0.15, -0.1) is 0 Å². The lowest BCUT2D eigenvalue weighted by Crippen LogP contribution is -2.48. The van der Waals surface area contributed by atoms with Crippen molar-refractivity contribution in [3.8, 4) is 0 Å². The molecule has 0 saturated carbocycles. The van der Waals surface area contributed by atoms with E-state index in [9.17, 15) is 13.2 Å². The van der Waals surface area contributed by atoms with Crippen LogP contribution in [0.5, 0.6) is 0 Å². The zero-order valence-electron chi connectivity index (χ0n) is 16.6. The Labute approximate surface area is 170 Å². The largest absolute Gasteiger partial charge is 0.336 e. The van der Waals surface area contributed by atoms with Crippen LogP contribution in [0.3, 0.4) is 0 Å². The molecule has 0 aliphatic carbocycles. The number of benzene rings is 1. The molecule has 10 heteroatoms. The third-order valence-electron chi connectivity index (χ3n) is 5.64. The fourth-order valence-electron chi connectivity index (χ4n) is 4.12. The molecule has 9 nitrogen and oxygen atoms in total. The average Bonchev–Trinajstić information content (AvgIpc) is 2.92. The predicted octanol–water partition coefficient (Wildman–Crippen LogP) is 0.361. The number of carbonyl (C=O) groups excluding carboxylic acids is 1. The van der Waals surface area contributed by atoms with Gasteiger partial charge in [-0.3, -0.25) is 20.6 Å². The first kappa shape index (κ1) is 20.1. The zero-order valence-corrected chi connectivity index (χ0v) is 17.4. The van der Waals surface area contributed by atoms with Gasteiger partial charge in [-0.05, 0) is 32.4 Å². The molecule has 3 heterocycles. The van der Waals surface area contributed by atoms with Crippen molar-refractivity contribution in [3.05, 3.63) is 36.2 Å². The molecule has 2 aliphatic heterocycles. The molecule has 0 spiro atoms. The Bertz CT molecular complexity index is 1000. The average molecular weight is 419 g/mol. The lowest BCUT2D eigenvalue weighted by atomic mass is 10.2. The van der Waals surface area contributed by atoms with Crippen molar-refractivity contribution < 1.29 is 13.2 Å². The molecule has 2 fully saturated rings. The van der Waals surface area contributed by atoms with Crippen LogP contribution >= 0.6 is 0 Å². The van der Waals surface area contributed by atoms with E-state index in [1.54, 1.807) is 4.90 Å². The monoisotopic (exact) mass is 418 g/mol. The summed E-state index contributed by atoms with van der Waals surface area (Å²) in [5, 5.41) is -0.531. The molecule has 1 aromatic carbocycles. The maximum Gasteiger partial charge on any atom is 0.274 e. The van der Waals surface area contributed by atoms with Crippen LogP contribution in [0.15, 0.2) is 30.5 Å². The number of amides is 1. The number of sulfonamides is 1. The quantitative estimate of drug-likeness (QED) is 0.741. The molecular weight excluding hydrogens is 392 g/mol. The van der Waals surface area contributed by atoms with Crippen molar-refractivity contribution in [2.45, 2.75) is 37.6 Å². The van der Waals surface area contributed by atoms with Crippen LogP contribution in [0.25, 0.3) is 11.0 Å². The fraction of sp³-hybridized carbons (Fsp3) is 0.526. The van der Waals surface area contributed by atoms with Crippen LogP contribution in [0, 0.1) is 0 Å². The molecule has 1 amide bonds. The summed E-state index contributed by atoms with van der Waals surface area (Å²) in [5.41, 5.74) is 7.70. The van der Waals surface area contributed by atoms with E-state index < -0.39 is 15.3 Å². The van der Waals surface area contributed by atoms with E-state index in [0.29, 0.717) is 31.6 Å². The highest BCUT2D eigenvalue weighted by molar-refractivity contribution is 7.89. The normalized spacial score (nSPS) is 26.6. The van der Waals surface area contributed by atoms with Gasteiger partial charge in [0, 0.05) is 38.3 Å². The zero-order chi connectivity index (χ0) is 20.6. The van der Waals surface area contributed by atoms with E-state index >= 15 is 0 Å². The van der Waals surface area contributed by atoms with Gasteiger partial charge in [-0.25, -0.2) is 13.4 Å². The standard InChI is InChI=1S/C19H26N6O3S/c1-13-18(14(2)23-22-13)29(27,28)25-9-5-8-24(10-11-25)19(26)17-12-20-15-6-3-4-7-16(15)21-17/h3-4,6-7,12-14,18,22-23H,5,8-11H2,1-2H3. The first-order valence-corrected chi connectivity index (χ1v) is 11.4. The van der Waals surface area contributed by atoms with Crippen molar-refractivity contribution in [2.24, 2.45) is 0 Å². The first-order valence-electron chi connectivity index (χ1n) is 9.89. The minimum atomic E-state index is -3.48. The molecule has 2 N–H and O–H groups in total. The van der Waals surface area contributed by atoms with Gasteiger partial charge in [0.25, 0.3) is 5.91 Å². The predicted molar refractivity (Wildman–Crippen MR) is 110 cm³/mol. The number of hydrazine groups is 1. The SMILES string of the molecule is CC1NNC(C)C1S(=O)(=O)N1CCCN(C(=O)c2cnc3ccccc3n2)CC1. The number of nitrogens with one attached hydrogen (secondary N) is 2. The minimum Gasteiger partial charge on any atom is -0.336 e. The van der Waals surface area contributed by atoms with Crippen LogP contribution in [-0.2, 0) is 10.0 Å². The third kappa shape index (κ3) is 3.85. The molecular formula is C19H26N6O3S. The van der Waals surface area contributed by atoms with Gasteiger partial charge in [0.15, 0.2) is 0 Å². The molecule has 2 aliphatic rings. The molecule has 1 aromatic heterocycles. The molecule has 2 saturated heterocycles. The summed E-state index contributed by atoms with van der Waals surface area (Å²) in [6.07, 6.45) is 2.08. The number of hydrogen-bond donors (Lipinski definition) is 2. The number of fused-ring (bicyclic) bond motifs is 1. The summed E-state index contributed by atoms with van der Waals surface area (Å²) in [7, 11) is -3.48. The van der Waals surface area contributed by atoms with Crippen LogP contribution in [0.1, 0.15) is 30.8 Å². The van der Waals surface area contributed by atoms with Gasteiger partial charge >= 0.3 is 0 Å². The summed E-state index contributed by atoms with van der Waals surface area (Å²) < 4.78 is 27.9. The second kappa shape index (κ2) is 7.94. The van der Waals surface area contributed by atoms with Crippen LogP contribution in [0.2, 0.25) is 0 Å². The highest BCUT2D eigenvalue weighted by Gasteiger charge is 2.43. The topological polar surface area (TPSA) is 108 Å². The Balaban J connectivity index is 1.48. The highest BCUT2D eigenvalue weighted by Crippen LogP contribution is 2.21. The van der Waals surface area contributed by atoms with Gasteiger partial charge < -0.3 is 4.90 Å². The first-order chi connectivity index (χ1) is 13.9. The molecule has 0 bridgehead atoms. The molecule has 2 atom stereocenters. The summed E-state index contributed by atoms with van der Waals surface area (Å²) in [6, 6.07) is 7.04. The van der Waals surface area contributed by atoms with E-state index in [1.807, 2.05) is 38.1 Å². The van der Waals surface area contributed by atoms with Crippen molar-refractivity contribution in [1.29, 1.82) is 0 Å². The Kier molecular flexibility index (Phi) is 5.52. The van der Waals surface area contributed by atoms with E-state index in [0.717, 1.165) is 5.52 Å². The Hall–Kier alpha value is -2.14. The van der Waals surface area contributed by atoms with E-state index in [-0.39, 0.29) is 30.2 Å². The highest BCUT2D eigenvalue weighted by atomic mass is 32.2. The van der Waals surface area contributed by atoms with Gasteiger partial charge in [0.05, 0.1) is 17.2 Å². The second-order valence-corrected chi connectivity index (χ2v) is 9.76. The summed E-state index contributed by atoms with van der Waals surface area (Å²) in [4.78, 5) is 23.4. The van der Waals surface area contributed by atoms with Gasteiger partial charge in [0.1, 0.15) is 10.9 Å². The lowest BCUT2D eigenvalue weighted by molar-refractivity contribution is 0.0758. The fourth-order valence-corrected chi connectivity index (χ4v) is 6.35. The summed E-state index contributed by atoms with van der Waals surface area (Å²) in [5.74, 6) is -0.214. The van der Waals surface area contributed by atoms with E-state index in [4.69, 9.17) is 0 Å². The Morgan fingerprint density at radius 1 is 1.03 bits per heavy atom.